The number of aromatic nitrogens is 1. The van der Waals surface area contributed by atoms with Gasteiger partial charge in [0.05, 0.1) is 11.4 Å². The van der Waals surface area contributed by atoms with Crippen LogP contribution >= 0.6 is 0 Å². The summed E-state index contributed by atoms with van der Waals surface area (Å²) >= 11 is 0. The number of pyridine rings is 1. The van der Waals surface area contributed by atoms with Gasteiger partial charge < -0.3 is 0 Å². The number of benzene rings is 3. The Kier molecular flexibility index (Phi) is 4.02. The normalized spacial score (nSPS) is 11.0. The highest BCUT2D eigenvalue weighted by molar-refractivity contribution is 5.88. The molecule has 0 atom stereocenters. The Hall–Kier alpha value is -3.00. The third-order valence-electron chi connectivity index (χ3n) is 4.45. The predicted molar refractivity (Wildman–Crippen MR) is 101 cm³/mol. The zero-order chi connectivity index (χ0) is 17.2. The van der Waals surface area contributed by atoms with E-state index in [1.165, 1.54) is 23.1 Å². The molecule has 25 heavy (non-hydrogen) atoms. The highest BCUT2D eigenvalue weighted by Gasteiger charge is 2.09. The van der Waals surface area contributed by atoms with Crippen LogP contribution in [0.25, 0.3) is 22.0 Å². The number of aryl methyl sites for hydroxylation is 1. The van der Waals surface area contributed by atoms with Crippen molar-refractivity contribution in [3.05, 3.63) is 102 Å². The van der Waals surface area contributed by atoms with Gasteiger partial charge in [0.15, 0.2) is 0 Å². The van der Waals surface area contributed by atoms with Crippen molar-refractivity contribution in [3.63, 3.8) is 0 Å². The number of nitrogens with zero attached hydrogens (tertiary/aromatic N) is 1. The van der Waals surface area contributed by atoms with Crippen molar-refractivity contribution in [1.29, 1.82) is 0 Å². The van der Waals surface area contributed by atoms with Crippen molar-refractivity contribution < 1.29 is 4.39 Å². The van der Waals surface area contributed by atoms with Gasteiger partial charge in [0.2, 0.25) is 0 Å². The fraction of sp³-hybridized carbons (Fsp3) is 0.0870. The lowest BCUT2D eigenvalue weighted by Crippen LogP contribution is -1.97. The lowest BCUT2D eigenvalue weighted by atomic mass is 10.0. The molecule has 0 bridgehead atoms. The van der Waals surface area contributed by atoms with E-state index in [0.717, 1.165) is 27.9 Å². The maximum Gasteiger partial charge on any atom is 0.123 e. The van der Waals surface area contributed by atoms with Crippen LogP contribution in [0.2, 0.25) is 0 Å². The summed E-state index contributed by atoms with van der Waals surface area (Å²) < 4.78 is 13.2. The second-order valence-corrected chi connectivity index (χ2v) is 6.34. The van der Waals surface area contributed by atoms with Crippen LogP contribution in [0.15, 0.2) is 78.9 Å². The molecule has 3 aromatic carbocycles. The molecular weight excluding hydrogens is 309 g/mol. The second kappa shape index (κ2) is 6.48. The molecule has 0 fully saturated rings. The molecule has 0 aliphatic carbocycles. The highest BCUT2D eigenvalue weighted by atomic mass is 19.1. The summed E-state index contributed by atoms with van der Waals surface area (Å²) in [6, 6.07) is 25.5. The van der Waals surface area contributed by atoms with Crippen LogP contribution in [-0.2, 0) is 6.42 Å². The number of rotatable bonds is 3. The largest absolute Gasteiger partial charge is 0.252 e. The maximum atomic E-state index is 13.2. The SMILES string of the molecule is Cc1ccc(-c2cc3ccccc3c(Cc3ccc(F)cc3)n2)cc1. The number of hydrogen-bond acceptors (Lipinski definition) is 1. The molecule has 1 heterocycles. The van der Waals surface area contributed by atoms with Crippen molar-refractivity contribution in [2.24, 2.45) is 0 Å². The summed E-state index contributed by atoms with van der Waals surface area (Å²) in [4.78, 5) is 4.92. The minimum atomic E-state index is -0.213. The average Bonchev–Trinajstić information content (AvgIpc) is 2.64. The molecular formula is C23H18FN. The monoisotopic (exact) mass is 327 g/mol. The fourth-order valence-electron chi connectivity index (χ4n) is 3.07. The van der Waals surface area contributed by atoms with Gasteiger partial charge in [0.1, 0.15) is 5.82 Å². The molecule has 2 heteroatoms. The summed E-state index contributed by atoms with van der Waals surface area (Å²) in [5.74, 6) is -0.213. The molecule has 0 amide bonds. The van der Waals surface area contributed by atoms with Crippen LogP contribution in [0.5, 0.6) is 0 Å². The molecule has 4 aromatic rings. The summed E-state index contributed by atoms with van der Waals surface area (Å²) in [7, 11) is 0. The van der Waals surface area contributed by atoms with Crippen LogP contribution < -0.4 is 0 Å². The third kappa shape index (κ3) is 3.29. The van der Waals surface area contributed by atoms with Crippen molar-refractivity contribution in [1.82, 2.24) is 4.98 Å². The summed E-state index contributed by atoms with van der Waals surface area (Å²) in [5.41, 5.74) is 5.38. The molecule has 122 valence electrons. The van der Waals surface area contributed by atoms with Crippen LogP contribution in [-0.4, -0.2) is 4.98 Å². The van der Waals surface area contributed by atoms with Gasteiger partial charge in [-0.25, -0.2) is 4.39 Å². The number of hydrogen-bond donors (Lipinski definition) is 0. The molecule has 0 unspecified atom stereocenters. The number of fused-ring (bicyclic) bond motifs is 1. The summed E-state index contributed by atoms with van der Waals surface area (Å²) in [6.45, 7) is 2.08. The van der Waals surface area contributed by atoms with Gasteiger partial charge in [0, 0.05) is 17.4 Å². The first-order valence-electron chi connectivity index (χ1n) is 8.39. The molecule has 0 aliphatic rings. The standard InChI is InChI=1S/C23H18FN/c1-16-6-10-18(11-7-16)22-15-19-4-2-3-5-21(19)23(25-22)14-17-8-12-20(24)13-9-17/h2-13,15H,14H2,1H3. The quantitative estimate of drug-likeness (QED) is 0.454. The second-order valence-electron chi connectivity index (χ2n) is 6.34. The van der Waals surface area contributed by atoms with Crippen molar-refractivity contribution in [3.8, 4) is 11.3 Å². The zero-order valence-electron chi connectivity index (χ0n) is 14.0. The molecule has 0 N–H and O–H groups in total. The Balaban J connectivity index is 1.83. The van der Waals surface area contributed by atoms with E-state index in [0.29, 0.717) is 6.42 Å². The number of halogens is 1. The summed E-state index contributed by atoms with van der Waals surface area (Å²) in [6.07, 6.45) is 0.681. The van der Waals surface area contributed by atoms with E-state index < -0.39 is 0 Å². The molecule has 0 saturated carbocycles. The van der Waals surface area contributed by atoms with Crippen LogP contribution in [0.1, 0.15) is 16.8 Å². The zero-order valence-corrected chi connectivity index (χ0v) is 14.0. The van der Waals surface area contributed by atoms with E-state index in [1.807, 2.05) is 24.3 Å². The molecule has 0 aliphatic heterocycles. The molecule has 1 aromatic heterocycles. The first-order valence-corrected chi connectivity index (χ1v) is 8.39. The first kappa shape index (κ1) is 15.5. The molecule has 1 nitrogen and oxygen atoms in total. The van der Waals surface area contributed by atoms with E-state index >= 15 is 0 Å². The minimum Gasteiger partial charge on any atom is -0.252 e. The van der Waals surface area contributed by atoms with Crippen LogP contribution in [0.4, 0.5) is 4.39 Å². The minimum absolute atomic E-state index is 0.213. The van der Waals surface area contributed by atoms with Gasteiger partial charge in [-0.1, -0.05) is 66.2 Å². The Bertz CT molecular complexity index is 1020. The summed E-state index contributed by atoms with van der Waals surface area (Å²) in [5, 5.41) is 2.31. The topological polar surface area (TPSA) is 12.9 Å². The van der Waals surface area contributed by atoms with Crippen molar-refractivity contribution >= 4 is 10.8 Å². The molecule has 0 saturated heterocycles. The van der Waals surface area contributed by atoms with Gasteiger partial charge in [-0.2, -0.15) is 0 Å². The molecule has 0 radical (unpaired) electrons. The Morgan fingerprint density at radius 1 is 0.840 bits per heavy atom. The smallest absolute Gasteiger partial charge is 0.123 e. The van der Waals surface area contributed by atoms with Crippen molar-refractivity contribution in [2.75, 3.05) is 0 Å². The molecule has 0 spiro atoms. The lowest BCUT2D eigenvalue weighted by Gasteiger charge is -2.10. The maximum absolute atomic E-state index is 13.2. The van der Waals surface area contributed by atoms with E-state index in [1.54, 1.807) is 0 Å². The van der Waals surface area contributed by atoms with Gasteiger partial charge >= 0.3 is 0 Å². The lowest BCUT2D eigenvalue weighted by molar-refractivity contribution is 0.627. The first-order chi connectivity index (χ1) is 12.2. The van der Waals surface area contributed by atoms with Gasteiger partial charge in [-0.05, 0) is 36.1 Å². The Labute approximate surface area is 146 Å². The van der Waals surface area contributed by atoms with Crippen molar-refractivity contribution in [2.45, 2.75) is 13.3 Å². The Morgan fingerprint density at radius 2 is 1.56 bits per heavy atom. The molecule has 4 rings (SSSR count). The van der Waals surface area contributed by atoms with E-state index in [2.05, 4.69) is 49.4 Å². The Morgan fingerprint density at radius 3 is 2.32 bits per heavy atom. The van der Waals surface area contributed by atoms with Gasteiger partial charge in [-0.15, -0.1) is 0 Å². The third-order valence-corrected chi connectivity index (χ3v) is 4.45. The fourth-order valence-corrected chi connectivity index (χ4v) is 3.07. The van der Waals surface area contributed by atoms with Crippen LogP contribution in [0, 0.1) is 12.7 Å². The van der Waals surface area contributed by atoms with E-state index in [4.69, 9.17) is 4.98 Å². The predicted octanol–water partition coefficient (Wildman–Crippen LogP) is 5.94. The van der Waals surface area contributed by atoms with Crippen LogP contribution in [0.3, 0.4) is 0 Å². The van der Waals surface area contributed by atoms with E-state index in [9.17, 15) is 4.39 Å². The highest BCUT2D eigenvalue weighted by Crippen LogP contribution is 2.26. The van der Waals surface area contributed by atoms with Gasteiger partial charge in [-0.3, -0.25) is 4.98 Å². The van der Waals surface area contributed by atoms with E-state index in [-0.39, 0.29) is 5.82 Å². The van der Waals surface area contributed by atoms with Gasteiger partial charge in [0.25, 0.3) is 0 Å². The average molecular weight is 327 g/mol.